The lowest BCUT2D eigenvalue weighted by Gasteiger charge is -2.02. The molecule has 0 aromatic heterocycles. The van der Waals surface area contributed by atoms with Crippen LogP contribution in [-0.2, 0) is 6.42 Å². The maximum Gasteiger partial charge on any atom is 0.0452 e. The number of hydrogen-bond donors (Lipinski definition) is 1. The molecule has 0 fully saturated rings. The monoisotopic (exact) mass is 220 g/mol. The van der Waals surface area contributed by atoms with Crippen molar-refractivity contribution in [2.24, 2.45) is 0 Å². The molecule has 0 unspecified atom stereocenters. The SMILES string of the molecule is SCCCc1ccc(Cl)cc1Cl. The predicted molar refractivity (Wildman–Crippen MR) is 58.6 cm³/mol. The first kappa shape index (κ1) is 10.2. The summed E-state index contributed by atoms with van der Waals surface area (Å²) in [5, 5.41) is 1.44. The van der Waals surface area contributed by atoms with Gasteiger partial charge in [-0.05, 0) is 36.3 Å². The topological polar surface area (TPSA) is 0 Å². The third-order valence-electron chi connectivity index (χ3n) is 1.62. The van der Waals surface area contributed by atoms with Crippen molar-refractivity contribution in [2.75, 3.05) is 5.75 Å². The van der Waals surface area contributed by atoms with Crippen molar-refractivity contribution in [3.05, 3.63) is 33.8 Å². The van der Waals surface area contributed by atoms with E-state index in [1.54, 1.807) is 6.07 Å². The maximum absolute atomic E-state index is 5.96. The second-order valence-electron chi connectivity index (χ2n) is 2.56. The second-order valence-corrected chi connectivity index (χ2v) is 3.85. The van der Waals surface area contributed by atoms with E-state index in [4.69, 9.17) is 23.2 Å². The molecule has 0 heterocycles. The molecule has 0 N–H and O–H groups in total. The van der Waals surface area contributed by atoms with Gasteiger partial charge < -0.3 is 0 Å². The van der Waals surface area contributed by atoms with Gasteiger partial charge in [-0.2, -0.15) is 12.6 Å². The Morgan fingerprint density at radius 1 is 1.25 bits per heavy atom. The number of hydrogen-bond acceptors (Lipinski definition) is 1. The van der Waals surface area contributed by atoms with Gasteiger partial charge >= 0.3 is 0 Å². The smallest absolute Gasteiger partial charge is 0.0452 e. The van der Waals surface area contributed by atoms with Crippen molar-refractivity contribution in [3.63, 3.8) is 0 Å². The number of benzene rings is 1. The molecule has 3 heteroatoms. The van der Waals surface area contributed by atoms with Crippen molar-refractivity contribution >= 4 is 35.8 Å². The average Bonchev–Trinajstić information content (AvgIpc) is 2.03. The summed E-state index contributed by atoms with van der Waals surface area (Å²) in [7, 11) is 0. The zero-order chi connectivity index (χ0) is 8.97. The quantitative estimate of drug-likeness (QED) is 0.736. The Kier molecular flexibility index (Phi) is 4.27. The fourth-order valence-corrected chi connectivity index (χ4v) is 1.66. The normalized spacial score (nSPS) is 10.2. The van der Waals surface area contributed by atoms with Crippen LogP contribution in [0, 0.1) is 0 Å². The van der Waals surface area contributed by atoms with Crippen molar-refractivity contribution < 1.29 is 0 Å². The van der Waals surface area contributed by atoms with E-state index in [0.29, 0.717) is 5.02 Å². The van der Waals surface area contributed by atoms with Crippen LogP contribution >= 0.6 is 35.8 Å². The minimum atomic E-state index is 0.689. The van der Waals surface area contributed by atoms with Gasteiger partial charge in [0.2, 0.25) is 0 Å². The van der Waals surface area contributed by atoms with E-state index >= 15 is 0 Å². The van der Waals surface area contributed by atoms with Crippen LogP contribution < -0.4 is 0 Å². The summed E-state index contributed by atoms with van der Waals surface area (Å²) in [5.41, 5.74) is 1.15. The zero-order valence-corrected chi connectivity index (χ0v) is 8.96. The van der Waals surface area contributed by atoms with E-state index in [2.05, 4.69) is 12.6 Å². The van der Waals surface area contributed by atoms with E-state index in [-0.39, 0.29) is 0 Å². The molecule has 0 aliphatic rings. The molecule has 0 spiro atoms. The first-order valence-corrected chi connectivity index (χ1v) is 5.17. The molecule has 0 saturated heterocycles. The van der Waals surface area contributed by atoms with Crippen molar-refractivity contribution in [1.82, 2.24) is 0 Å². The molecule has 66 valence electrons. The first-order chi connectivity index (χ1) is 5.74. The fraction of sp³-hybridized carbons (Fsp3) is 0.333. The number of halogens is 2. The molecular weight excluding hydrogens is 211 g/mol. The van der Waals surface area contributed by atoms with Gasteiger partial charge in [-0.25, -0.2) is 0 Å². The third kappa shape index (κ3) is 2.89. The van der Waals surface area contributed by atoms with Gasteiger partial charge in [0.1, 0.15) is 0 Å². The van der Waals surface area contributed by atoms with Gasteiger partial charge in [-0.3, -0.25) is 0 Å². The Hall–Kier alpha value is 0.150. The molecule has 0 radical (unpaired) electrons. The molecule has 0 amide bonds. The minimum absolute atomic E-state index is 0.689. The lowest BCUT2D eigenvalue weighted by Crippen LogP contribution is -1.87. The summed E-state index contributed by atoms with van der Waals surface area (Å²) in [6, 6.07) is 5.60. The molecule has 0 nitrogen and oxygen atoms in total. The highest BCUT2D eigenvalue weighted by molar-refractivity contribution is 7.80. The molecule has 1 aromatic rings. The van der Waals surface area contributed by atoms with E-state index in [9.17, 15) is 0 Å². The molecule has 12 heavy (non-hydrogen) atoms. The van der Waals surface area contributed by atoms with Crippen LogP contribution in [0.4, 0.5) is 0 Å². The van der Waals surface area contributed by atoms with Gasteiger partial charge in [-0.1, -0.05) is 29.3 Å². The molecular formula is C9H10Cl2S. The number of aryl methyl sites for hydroxylation is 1. The van der Waals surface area contributed by atoms with Gasteiger partial charge in [0.05, 0.1) is 0 Å². The Bertz CT molecular complexity index is 261. The van der Waals surface area contributed by atoms with Crippen LogP contribution in [0.15, 0.2) is 18.2 Å². The molecule has 0 aliphatic heterocycles. The van der Waals surface area contributed by atoms with Gasteiger partial charge in [0.25, 0.3) is 0 Å². The van der Waals surface area contributed by atoms with E-state index in [1.165, 1.54) is 0 Å². The molecule has 0 saturated carbocycles. The van der Waals surface area contributed by atoms with Crippen LogP contribution in [0.25, 0.3) is 0 Å². The number of thiol groups is 1. The highest BCUT2D eigenvalue weighted by Gasteiger charge is 1.99. The lowest BCUT2D eigenvalue weighted by molar-refractivity contribution is 0.936. The lowest BCUT2D eigenvalue weighted by atomic mass is 10.1. The summed E-state index contributed by atoms with van der Waals surface area (Å²) in [5.74, 6) is 0.888. The van der Waals surface area contributed by atoms with Gasteiger partial charge in [-0.15, -0.1) is 0 Å². The van der Waals surface area contributed by atoms with Gasteiger partial charge in [0.15, 0.2) is 0 Å². The zero-order valence-electron chi connectivity index (χ0n) is 6.56. The van der Waals surface area contributed by atoms with E-state index in [1.807, 2.05) is 12.1 Å². The Morgan fingerprint density at radius 2 is 2.00 bits per heavy atom. The summed E-state index contributed by atoms with van der Waals surface area (Å²) in [6.45, 7) is 0. The predicted octanol–water partition coefficient (Wildman–Crippen LogP) is 3.86. The first-order valence-electron chi connectivity index (χ1n) is 3.79. The number of rotatable bonds is 3. The average molecular weight is 221 g/mol. The van der Waals surface area contributed by atoms with Crippen molar-refractivity contribution in [3.8, 4) is 0 Å². The van der Waals surface area contributed by atoms with Crippen LogP contribution in [0.1, 0.15) is 12.0 Å². The summed E-state index contributed by atoms with van der Waals surface area (Å²) in [6.07, 6.45) is 2.02. The second kappa shape index (κ2) is 5.00. The Labute approximate surface area is 88.3 Å². The fourth-order valence-electron chi connectivity index (χ4n) is 0.994. The largest absolute Gasteiger partial charge is 0.179 e. The van der Waals surface area contributed by atoms with Gasteiger partial charge in [0, 0.05) is 10.0 Å². The Balaban J connectivity index is 2.72. The standard InChI is InChI=1S/C9H10Cl2S/c10-8-4-3-7(2-1-5-12)9(11)6-8/h3-4,6,12H,1-2,5H2. The van der Waals surface area contributed by atoms with Crippen molar-refractivity contribution in [1.29, 1.82) is 0 Å². The molecule has 0 aliphatic carbocycles. The van der Waals surface area contributed by atoms with Crippen LogP contribution in [0.2, 0.25) is 10.0 Å². The molecule has 1 rings (SSSR count). The van der Waals surface area contributed by atoms with Crippen molar-refractivity contribution in [2.45, 2.75) is 12.8 Å². The highest BCUT2D eigenvalue weighted by Crippen LogP contribution is 2.21. The van der Waals surface area contributed by atoms with Crippen LogP contribution in [-0.4, -0.2) is 5.75 Å². The maximum atomic E-state index is 5.96. The molecule has 0 atom stereocenters. The van der Waals surface area contributed by atoms with E-state index in [0.717, 1.165) is 29.2 Å². The van der Waals surface area contributed by atoms with E-state index < -0.39 is 0 Å². The summed E-state index contributed by atoms with van der Waals surface area (Å²) >= 11 is 15.8. The summed E-state index contributed by atoms with van der Waals surface area (Å²) < 4.78 is 0. The minimum Gasteiger partial charge on any atom is -0.179 e. The third-order valence-corrected chi connectivity index (χ3v) is 2.52. The molecule has 1 aromatic carbocycles. The summed E-state index contributed by atoms with van der Waals surface area (Å²) in [4.78, 5) is 0. The van der Waals surface area contributed by atoms with Crippen LogP contribution in [0.5, 0.6) is 0 Å². The molecule has 0 bridgehead atoms. The van der Waals surface area contributed by atoms with Crippen LogP contribution in [0.3, 0.4) is 0 Å². The Morgan fingerprint density at radius 3 is 2.58 bits per heavy atom. The highest BCUT2D eigenvalue weighted by atomic mass is 35.5.